The summed E-state index contributed by atoms with van der Waals surface area (Å²) in [6.07, 6.45) is -1.08. The third kappa shape index (κ3) is 37.4. The molecule has 3 heterocycles. The van der Waals surface area contributed by atoms with E-state index in [0.717, 1.165) is 0 Å². The van der Waals surface area contributed by atoms with Gasteiger partial charge in [-0.1, -0.05) is 0 Å². The number of ether oxygens (including phenoxy) is 3. The van der Waals surface area contributed by atoms with Crippen LogP contribution in [0.2, 0.25) is 0 Å². The second-order valence-corrected chi connectivity index (χ2v) is 33.2. The van der Waals surface area contributed by atoms with Gasteiger partial charge in [-0.15, -0.1) is 0 Å². The van der Waals surface area contributed by atoms with Crippen LogP contribution in [0.15, 0.2) is 30.0 Å². The molecule has 3 aliphatic heterocycles. The molecular formula is C65H129N29O16P2. The molecule has 0 spiro atoms. The zero-order valence-electron chi connectivity index (χ0n) is 66.1. The zero-order chi connectivity index (χ0) is 83.7. The van der Waals surface area contributed by atoms with Crippen LogP contribution in [-0.2, 0) is 65.9 Å². The van der Waals surface area contributed by atoms with Crippen molar-refractivity contribution in [2.45, 2.75) is 166 Å². The van der Waals surface area contributed by atoms with E-state index in [1.807, 2.05) is 0 Å². The molecule has 7 amide bonds. The van der Waals surface area contributed by atoms with Crippen molar-refractivity contribution in [2.24, 2.45) is 111 Å². The van der Waals surface area contributed by atoms with E-state index in [4.69, 9.17) is 97.2 Å². The van der Waals surface area contributed by atoms with Crippen molar-refractivity contribution in [1.29, 1.82) is 0 Å². The van der Waals surface area contributed by atoms with E-state index in [2.05, 4.69) is 56.5 Å². The van der Waals surface area contributed by atoms with E-state index in [0.29, 0.717) is 12.8 Å². The van der Waals surface area contributed by atoms with Crippen LogP contribution in [-0.4, -0.2) is 318 Å². The molecule has 3 saturated heterocycles. The molecule has 0 bridgehead atoms. The van der Waals surface area contributed by atoms with E-state index in [-0.39, 0.29) is 231 Å². The monoisotopic (exact) mass is 1630 g/mol. The lowest BCUT2D eigenvalue weighted by Crippen LogP contribution is -2.54. The molecule has 3 rings (SSSR count). The molecule has 0 saturated carbocycles. The quantitative estimate of drug-likeness (QED) is 0.0117. The van der Waals surface area contributed by atoms with Crippen LogP contribution in [0, 0.1) is 11.8 Å². The molecule has 2 unspecified atom stereocenters. The molecule has 47 heteroatoms. The van der Waals surface area contributed by atoms with E-state index < -0.39 is 136 Å². The fourth-order valence-electron chi connectivity index (χ4n) is 12.6. The number of hydrogen-bond donors (Lipinski definition) is 18. The summed E-state index contributed by atoms with van der Waals surface area (Å²) in [6.45, 7) is 5.28. The lowest BCUT2D eigenvalue weighted by Gasteiger charge is -2.44. The smallest absolute Gasteiger partial charge is 0.409 e. The number of piperazine rings is 1. The number of ketones is 1. The number of rotatable bonds is 52. The highest BCUT2D eigenvalue weighted by Gasteiger charge is 2.45. The lowest BCUT2D eigenvalue weighted by atomic mass is 9.90. The Kier molecular flexibility index (Phi) is 44.7. The number of nitrogens with two attached hydrogens (primary N) is 12. The number of nitrogens with zero attached hydrogens (tertiary/aromatic N) is 12. The van der Waals surface area contributed by atoms with Crippen molar-refractivity contribution in [3.63, 3.8) is 0 Å². The van der Waals surface area contributed by atoms with Crippen molar-refractivity contribution >= 4 is 98.4 Å². The average molecular weight is 1630 g/mol. The number of aliphatic imine (C=N–C) groups is 6. The third-order valence-corrected chi connectivity index (χ3v) is 23.2. The normalized spacial score (nSPS) is 19.4. The minimum absolute atomic E-state index is 0.00451. The van der Waals surface area contributed by atoms with Crippen LogP contribution in [0.3, 0.4) is 0 Å². The molecule has 0 aromatic rings. The maximum Gasteiger partial charge on any atom is 0.409 e. The van der Waals surface area contributed by atoms with Gasteiger partial charge < -0.3 is 134 Å². The first kappa shape index (κ1) is 97.7. The molecule has 45 nitrogen and oxygen atoms in total. The maximum atomic E-state index is 15.1. The van der Waals surface area contributed by atoms with Crippen LogP contribution in [0.4, 0.5) is 4.79 Å². The fraction of sp³-hybridized carbons (Fsp3) is 0.785. The SMILES string of the molecule is CC(=O)N[C@@H](CCCN=C(N)N)C(=O)N[C@@H](CCCN=C(N)N)C(=O)N[C@@H](CCCN=C(N)N)CC[C@@H](CCCN=C(N)N)C(=O)N[C@@H](CCCN=C(N)N)C(=O)C[C@@H](CCCN=C(N)N)C(=O)NCC(=O)N1C[C@@H](COP(=O)(N(C)C)N2C[C@@H](COP(=O)(N(C)C)N3CCN(C(=O)OCCO)CC3)O[C@@H](C)C2)O[C@@H](C)C1. The topological polar surface area (TPSA) is 703 Å². The number of carbonyl (C=O) groups excluding carboxylic acids is 8. The van der Waals surface area contributed by atoms with Gasteiger partial charge in [0, 0.05) is 123 Å². The Bertz CT molecular complexity index is 3250. The number of aliphatic hydroxyl groups excluding tert-OH is 1. The molecule has 12 atom stereocenters. The maximum absolute atomic E-state index is 15.1. The summed E-state index contributed by atoms with van der Waals surface area (Å²) >= 11 is 0. The standard InChI is InChI=1S/C65H129N29O16P2/c1-42-36-92(38-48(109-42)40-108-112(105,90(6)7)94-37-43(2)110-49(39-94)41-107-111(104,89(4)5)93-30-28-91(29-31-93)65(103)106-33-32-95)54(98)35-84-55(99)46(15-9-23-79-60(68)69)34-53(97)50(17-11-25-81-62(72)73)87-56(100)45(14-8-22-78-59(66)67)20-21-47(16-10-24-80-61(70)71)86-57(101)52(19-13-27-83-64(76)77)88-58(102)51(85-44(3)96)18-12-26-82-63(74)75/h42-43,45-52,95H,8-41H2,1-7H3,(H,84,99)(H,85,96)(H,86,101)(H,87,100)(H,88,102)(H4,66,67,78)(H4,68,69,79)(H4,70,71,80)(H4,72,73,81)(H4,74,75,82)(H4,76,77,83)/t42-,43-,45+,46+,47-,48-,49-,50-,51-,52-,111?,112?/m0/s1. The average Bonchev–Trinajstić information content (AvgIpc) is 0.793. The second kappa shape index (κ2) is 51.3. The van der Waals surface area contributed by atoms with E-state index in [9.17, 15) is 42.9 Å². The number of morpholine rings is 2. The minimum atomic E-state index is -3.87. The van der Waals surface area contributed by atoms with Crippen LogP contribution in [0.5, 0.6) is 0 Å². The number of aliphatic hydroxyl groups is 1. The van der Waals surface area contributed by atoms with Gasteiger partial charge in [-0.2, -0.15) is 0 Å². The molecule has 3 fully saturated rings. The van der Waals surface area contributed by atoms with Gasteiger partial charge in [0.05, 0.1) is 56.8 Å². The summed E-state index contributed by atoms with van der Waals surface area (Å²) in [6, 6.07) is -4.19. The molecule has 3 aliphatic rings. The van der Waals surface area contributed by atoms with Gasteiger partial charge in [0.2, 0.25) is 35.4 Å². The number of hydrogen-bond acceptors (Lipinski definition) is 22. The van der Waals surface area contributed by atoms with E-state index >= 15 is 4.57 Å². The minimum Gasteiger partial charge on any atom is -0.447 e. The van der Waals surface area contributed by atoms with Crippen molar-refractivity contribution in [3.8, 4) is 0 Å². The second-order valence-electron chi connectivity index (χ2n) is 28.0. The Hall–Kier alpha value is -8.52. The Balaban J connectivity index is 1.89. The molecule has 640 valence electrons. The molecule has 0 aliphatic carbocycles. The Morgan fingerprint density at radius 1 is 0.482 bits per heavy atom. The summed E-state index contributed by atoms with van der Waals surface area (Å²) in [5.41, 5.74) is 67.4. The number of guanidine groups is 6. The highest BCUT2D eigenvalue weighted by molar-refractivity contribution is 7.54. The first-order valence-corrected chi connectivity index (χ1v) is 40.7. The highest BCUT2D eigenvalue weighted by atomic mass is 31.2. The van der Waals surface area contributed by atoms with Gasteiger partial charge in [0.1, 0.15) is 18.7 Å². The summed E-state index contributed by atoms with van der Waals surface area (Å²) in [5, 5.41) is 23.2. The number of amides is 7. The fourth-order valence-corrected chi connectivity index (χ4v) is 16.6. The largest absolute Gasteiger partial charge is 0.447 e. The summed E-state index contributed by atoms with van der Waals surface area (Å²) < 4.78 is 65.9. The molecule has 0 radical (unpaired) electrons. The summed E-state index contributed by atoms with van der Waals surface area (Å²) in [4.78, 5) is 139. The first-order chi connectivity index (χ1) is 52.9. The van der Waals surface area contributed by atoms with Crippen LogP contribution < -0.4 is 95.4 Å². The van der Waals surface area contributed by atoms with Gasteiger partial charge in [-0.25, -0.2) is 23.5 Å². The Morgan fingerprint density at radius 3 is 1.38 bits per heavy atom. The number of carbonyl (C=O) groups is 8. The molecular weight excluding hydrogens is 1500 g/mol. The Labute approximate surface area is 655 Å². The van der Waals surface area contributed by atoms with Gasteiger partial charge in [-0.3, -0.25) is 72.6 Å². The van der Waals surface area contributed by atoms with Crippen LogP contribution in [0.1, 0.15) is 117 Å². The van der Waals surface area contributed by atoms with Gasteiger partial charge in [-0.05, 0) is 132 Å². The van der Waals surface area contributed by atoms with Crippen molar-refractivity contribution in [3.05, 3.63) is 0 Å². The lowest BCUT2D eigenvalue weighted by molar-refractivity contribution is -0.147. The molecule has 0 aromatic carbocycles. The predicted octanol–water partition coefficient (Wildman–Crippen LogP) is -5.82. The number of nitrogens with one attached hydrogen (secondary N) is 5. The summed E-state index contributed by atoms with van der Waals surface area (Å²) in [5.74, 6) is -7.13. The highest BCUT2D eigenvalue weighted by Crippen LogP contribution is 2.55. The van der Waals surface area contributed by atoms with E-state index in [1.54, 1.807) is 51.4 Å². The van der Waals surface area contributed by atoms with Crippen molar-refractivity contribution < 1.29 is 75.9 Å². The number of Topliss-reactive ketones (excluding diaryl/α,β-unsaturated/α-hetero) is 1. The third-order valence-electron chi connectivity index (χ3n) is 18.1. The van der Waals surface area contributed by atoms with Crippen LogP contribution in [0.25, 0.3) is 0 Å². The van der Waals surface area contributed by atoms with Crippen molar-refractivity contribution in [1.82, 2.24) is 55.1 Å². The van der Waals surface area contributed by atoms with Gasteiger partial charge >= 0.3 is 21.4 Å². The molecule has 0 aromatic heterocycles. The Morgan fingerprint density at radius 2 is 0.902 bits per heavy atom. The van der Waals surface area contributed by atoms with Gasteiger partial charge in [0.25, 0.3) is 0 Å². The first-order valence-electron chi connectivity index (χ1n) is 37.6. The molecule has 30 N–H and O–H groups in total. The van der Waals surface area contributed by atoms with Crippen LogP contribution >= 0.6 is 15.3 Å². The van der Waals surface area contributed by atoms with E-state index in [1.165, 1.54) is 26.1 Å². The van der Waals surface area contributed by atoms with Gasteiger partial charge in [0.15, 0.2) is 41.5 Å². The zero-order valence-corrected chi connectivity index (χ0v) is 67.9. The molecule has 112 heavy (non-hydrogen) atoms. The van der Waals surface area contributed by atoms with Crippen molar-refractivity contribution in [2.75, 3.05) is 153 Å². The summed E-state index contributed by atoms with van der Waals surface area (Å²) in [7, 11) is -1.08. The predicted molar refractivity (Wildman–Crippen MR) is 425 cm³/mol.